The summed E-state index contributed by atoms with van der Waals surface area (Å²) in [7, 11) is 0. The number of amides is 1. The van der Waals surface area contributed by atoms with Gasteiger partial charge >= 0.3 is 6.36 Å². The standard InChI is InChI=1S/C12H11Br2ClF3NO2/c13-6-2-1-3-9(20)19-11-8(21-12(16,17)18)5-4-7(14)10(11)15/h4-5H,1-3,6H2,(H,19,20). The van der Waals surface area contributed by atoms with Crippen LogP contribution in [0.1, 0.15) is 19.3 Å². The number of rotatable bonds is 6. The van der Waals surface area contributed by atoms with Gasteiger partial charge < -0.3 is 10.1 Å². The molecular weight excluding hydrogens is 442 g/mol. The molecule has 0 fully saturated rings. The average Bonchev–Trinajstić information content (AvgIpc) is 2.37. The minimum absolute atomic E-state index is 0.0504. The molecule has 3 nitrogen and oxygen atoms in total. The van der Waals surface area contributed by atoms with Crippen LogP contribution in [-0.2, 0) is 4.79 Å². The van der Waals surface area contributed by atoms with Gasteiger partial charge in [-0.25, -0.2) is 0 Å². The Hall–Kier alpha value is -0.470. The van der Waals surface area contributed by atoms with Gasteiger partial charge in [-0.15, -0.1) is 13.2 Å². The van der Waals surface area contributed by atoms with Crippen molar-refractivity contribution in [1.29, 1.82) is 0 Å². The van der Waals surface area contributed by atoms with Crippen molar-refractivity contribution in [3.8, 4) is 5.75 Å². The predicted octanol–water partition coefficient (Wildman–Crippen LogP) is 5.50. The van der Waals surface area contributed by atoms with Gasteiger partial charge in [-0.1, -0.05) is 27.5 Å². The average molecular weight is 453 g/mol. The molecule has 118 valence electrons. The second-order valence-corrected chi connectivity index (χ2v) is 6.00. The number of hydrogen-bond acceptors (Lipinski definition) is 2. The van der Waals surface area contributed by atoms with Gasteiger partial charge in [-0.05, 0) is 40.9 Å². The van der Waals surface area contributed by atoms with E-state index in [2.05, 4.69) is 41.9 Å². The maximum absolute atomic E-state index is 12.3. The topological polar surface area (TPSA) is 38.3 Å². The molecule has 0 aliphatic carbocycles. The molecule has 0 bridgehead atoms. The third kappa shape index (κ3) is 6.44. The van der Waals surface area contributed by atoms with Crippen molar-refractivity contribution in [2.75, 3.05) is 10.6 Å². The number of ether oxygens (including phenoxy) is 1. The van der Waals surface area contributed by atoms with Gasteiger partial charge in [0, 0.05) is 16.2 Å². The molecule has 0 heterocycles. The zero-order valence-corrected chi connectivity index (χ0v) is 14.5. The smallest absolute Gasteiger partial charge is 0.404 e. The molecule has 0 saturated heterocycles. The van der Waals surface area contributed by atoms with Crippen LogP contribution in [0, 0.1) is 0 Å². The number of hydrogen-bond donors (Lipinski definition) is 1. The Bertz CT molecular complexity index is 512. The van der Waals surface area contributed by atoms with E-state index in [1.807, 2.05) is 0 Å². The predicted molar refractivity (Wildman–Crippen MR) is 82.1 cm³/mol. The van der Waals surface area contributed by atoms with Crippen molar-refractivity contribution in [3.63, 3.8) is 0 Å². The number of nitrogens with one attached hydrogen (secondary N) is 1. The molecule has 9 heteroatoms. The zero-order chi connectivity index (χ0) is 16.0. The third-order valence-electron chi connectivity index (χ3n) is 2.33. The fraction of sp³-hybridized carbons (Fsp3) is 0.417. The van der Waals surface area contributed by atoms with Crippen molar-refractivity contribution in [3.05, 3.63) is 21.6 Å². The highest BCUT2D eigenvalue weighted by Gasteiger charge is 2.33. The molecule has 0 aromatic heterocycles. The number of halogens is 6. The minimum atomic E-state index is -4.87. The van der Waals surface area contributed by atoms with Crippen molar-refractivity contribution in [1.82, 2.24) is 0 Å². The van der Waals surface area contributed by atoms with Crippen molar-refractivity contribution in [2.24, 2.45) is 0 Å². The third-order valence-corrected chi connectivity index (χ3v) is 4.18. The number of unbranched alkanes of at least 4 members (excludes halogenated alkanes) is 1. The Morgan fingerprint density at radius 1 is 1.33 bits per heavy atom. The Labute approximate surface area is 141 Å². The number of carbonyl (C=O) groups excluding carboxylic acids is 1. The van der Waals surface area contributed by atoms with E-state index < -0.39 is 18.0 Å². The summed E-state index contributed by atoms with van der Waals surface area (Å²) in [5.41, 5.74) is -0.202. The second-order valence-electron chi connectivity index (χ2n) is 3.98. The van der Waals surface area contributed by atoms with E-state index in [0.717, 1.165) is 17.8 Å². The number of alkyl halides is 4. The van der Waals surface area contributed by atoms with Gasteiger partial charge in [-0.3, -0.25) is 4.79 Å². The Balaban J connectivity index is 2.92. The normalized spacial score (nSPS) is 11.3. The fourth-order valence-corrected chi connectivity index (χ4v) is 2.37. The van der Waals surface area contributed by atoms with Crippen molar-refractivity contribution in [2.45, 2.75) is 25.6 Å². The molecule has 0 aliphatic heterocycles. The van der Waals surface area contributed by atoms with Gasteiger partial charge in [0.2, 0.25) is 5.91 Å². The lowest BCUT2D eigenvalue weighted by molar-refractivity contribution is -0.274. The molecule has 1 amide bonds. The van der Waals surface area contributed by atoms with E-state index >= 15 is 0 Å². The van der Waals surface area contributed by atoms with Crippen LogP contribution in [-0.4, -0.2) is 17.6 Å². The van der Waals surface area contributed by atoms with Crippen LogP contribution < -0.4 is 10.1 Å². The van der Waals surface area contributed by atoms with E-state index in [9.17, 15) is 18.0 Å². The van der Waals surface area contributed by atoms with Gasteiger partial charge in [-0.2, -0.15) is 0 Å². The molecule has 1 N–H and O–H groups in total. The highest BCUT2D eigenvalue weighted by molar-refractivity contribution is 9.10. The first-order valence-corrected chi connectivity index (χ1v) is 8.13. The second kappa shape index (κ2) is 8.24. The SMILES string of the molecule is O=C(CCCCBr)Nc1c(OC(F)(F)F)ccc(Br)c1Cl. The zero-order valence-electron chi connectivity index (χ0n) is 10.6. The van der Waals surface area contributed by atoms with Crippen LogP contribution in [0.2, 0.25) is 5.02 Å². The van der Waals surface area contributed by atoms with Crippen molar-refractivity contribution >= 4 is 55.1 Å². The van der Waals surface area contributed by atoms with Gasteiger partial charge in [0.05, 0.1) is 5.02 Å². The molecule has 0 spiro atoms. The van der Waals surface area contributed by atoms with E-state index in [0.29, 0.717) is 10.9 Å². The van der Waals surface area contributed by atoms with Crippen molar-refractivity contribution < 1.29 is 22.7 Å². The number of carbonyl (C=O) groups is 1. The summed E-state index contributed by atoms with van der Waals surface area (Å²) in [6, 6.07) is 2.39. The number of anilines is 1. The lowest BCUT2D eigenvalue weighted by Crippen LogP contribution is -2.19. The van der Waals surface area contributed by atoms with Crippen LogP contribution >= 0.6 is 43.5 Å². The summed E-state index contributed by atoms with van der Waals surface area (Å²) in [6.07, 6.45) is -3.30. The first-order valence-electron chi connectivity index (χ1n) is 5.84. The summed E-state index contributed by atoms with van der Waals surface area (Å²) >= 11 is 12.2. The highest BCUT2D eigenvalue weighted by atomic mass is 79.9. The van der Waals surface area contributed by atoms with Crippen LogP contribution in [0.4, 0.5) is 18.9 Å². The lowest BCUT2D eigenvalue weighted by atomic mass is 10.2. The van der Waals surface area contributed by atoms with Gasteiger partial charge in [0.1, 0.15) is 5.69 Å². The highest BCUT2D eigenvalue weighted by Crippen LogP contribution is 2.40. The van der Waals surface area contributed by atoms with E-state index in [1.54, 1.807) is 0 Å². The van der Waals surface area contributed by atoms with Gasteiger partial charge in [0.15, 0.2) is 5.75 Å². The quantitative estimate of drug-likeness (QED) is 0.456. The maximum atomic E-state index is 12.3. The fourth-order valence-electron chi connectivity index (χ4n) is 1.44. The van der Waals surface area contributed by atoms with E-state index in [1.165, 1.54) is 6.07 Å². The molecule has 1 rings (SSSR count). The van der Waals surface area contributed by atoms with Gasteiger partial charge in [0.25, 0.3) is 0 Å². The summed E-state index contributed by atoms with van der Waals surface area (Å²) < 4.78 is 41.3. The van der Waals surface area contributed by atoms with E-state index in [-0.39, 0.29) is 17.1 Å². The lowest BCUT2D eigenvalue weighted by Gasteiger charge is -2.16. The van der Waals surface area contributed by atoms with Crippen LogP contribution in [0.5, 0.6) is 5.75 Å². The Morgan fingerprint density at radius 3 is 2.57 bits per heavy atom. The molecule has 0 atom stereocenters. The molecule has 0 aliphatic rings. The Kier molecular flexibility index (Phi) is 7.29. The van der Waals surface area contributed by atoms with E-state index in [4.69, 9.17) is 11.6 Å². The van der Waals surface area contributed by atoms with Crippen LogP contribution in [0.25, 0.3) is 0 Å². The summed E-state index contributed by atoms with van der Waals surface area (Å²) in [5.74, 6) is -0.979. The molecule has 21 heavy (non-hydrogen) atoms. The largest absolute Gasteiger partial charge is 0.573 e. The molecule has 0 radical (unpaired) electrons. The number of benzene rings is 1. The first kappa shape index (κ1) is 18.6. The molecule has 1 aromatic rings. The molecule has 1 aromatic carbocycles. The summed E-state index contributed by atoms with van der Waals surface area (Å²) in [4.78, 5) is 11.7. The molecule has 0 unspecified atom stereocenters. The summed E-state index contributed by atoms with van der Waals surface area (Å²) in [6.45, 7) is 0. The monoisotopic (exact) mass is 451 g/mol. The van der Waals surface area contributed by atoms with Crippen LogP contribution in [0.15, 0.2) is 16.6 Å². The summed E-state index contributed by atoms with van der Waals surface area (Å²) in [5, 5.41) is 3.06. The Morgan fingerprint density at radius 2 is 2.00 bits per heavy atom. The minimum Gasteiger partial charge on any atom is -0.404 e. The van der Waals surface area contributed by atoms with Crippen LogP contribution in [0.3, 0.4) is 0 Å². The maximum Gasteiger partial charge on any atom is 0.573 e. The first-order chi connectivity index (χ1) is 9.74. The molecule has 0 saturated carbocycles. The molecular formula is C12H11Br2ClF3NO2.